The third kappa shape index (κ3) is 1.89. The second-order valence-corrected chi connectivity index (χ2v) is 4.99. The van der Waals surface area contributed by atoms with Gasteiger partial charge in [-0.2, -0.15) is 5.10 Å². The molecule has 0 atom stereocenters. The highest BCUT2D eigenvalue weighted by atomic mass is 15.1. The third-order valence-corrected chi connectivity index (χ3v) is 3.74. The molecule has 1 aromatic heterocycles. The Bertz CT molecular complexity index is 523. The molecule has 3 N–H and O–H groups in total. The van der Waals surface area contributed by atoms with Gasteiger partial charge in [0.1, 0.15) is 0 Å². The van der Waals surface area contributed by atoms with Gasteiger partial charge in [-0.15, -0.1) is 0 Å². The van der Waals surface area contributed by atoms with Crippen molar-refractivity contribution in [2.45, 2.75) is 18.8 Å². The molecule has 0 spiro atoms. The number of nitrogens with two attached hydrogens (primary N) is 1. The zero-order valence-electron chi connectivity index (χ0n) is 10.1. The van der Waals surface area contributed by atoms with Crippen molar-refractivity contribution in [2.75, 3.05) is 25.9 Å². The first-order valence-electron chi connectivity index (χ1n) is 6.16. The van der Waals surface area contributed by atoms with Crippen LogP contribution in [-0.4, -0.2) is 35.2 Å². The Kier molecular flexibility index (Phi) is 2.52. The SMILES string of the molecule is CN1CCC(c2[nH]nc3cc(N)ccc23)CC1. The van der Waals surface area contributed by atoms with E-state index in [1.807, 2.05) is 12.1 Å². The molecular weight excluding hydrogens is 212 g/mol. The topological polar surface area (TPSA) is 57.9 Å². The standard InChI is InChI=1S/C13H18N4/c1-17-6-4-9(5-7-17)13-11-3-2-10(14)8-12(11)15-16-13/h2-3,8-9H,4-7,14H2,1H3,(H,15,16). The van der Waals surface area contributed by atoms with Gasteiger partial charge in [0.25, 0.3) is 0 Å². The first kappa shape index (κ1) is 10.6. The first-order valence-corrected chi connectivity index (χ1v) is 6.16. The largest absolute Gasteiger partial charge is 0.399 e. The van der Waals surface area contributed by atoms with Gasteiger partial charge in [-0.05, 0) is 51.2 Å². The van der Waals surface area contributed by atoms with Crippen molar-refractivity contribution >= 4 is 16.6 Å². The molecule has 0 amide bonds. The van der Waals surface area contributed by atoms with Crippen molar-refractivity contribution in [1.29, 1.82) is 0 Å². The normalized spacial score (nSPS) is 18.9. The van der Waals surface area contributed by atoms with E-state index >= 15 is 0 Å². The molecule has 17 heavy (non-hydrogen) atoms. The van der Waals surface area contributed by atoms with E-state index in [4.69, 9.17) is 5.73 Å². The van der Waals surface area contributed by atoms with Gasteiger partial charge in [-0.25, -0.2) is 0 Å². The Labute approximate surface area is 101 Å². The van der Waals surface area contributed by atoms with E-state index < -0.39 is 0 Å². The lowest BCUT2D eigenvalue weighted by Gasteiger charge is -2.28. The highest BCUT2D eigenvalue weighted by Crippen LogP contribution is 2.31. The van der Waals surface area contributed by atoms with Crippen LogP contribution < -0.4 is 5.73 Å². The zero-order chi connectivity index (χ0) is 11.8. The number of piperidine rings is 1. The molecule has 0 bridgehead atoms. The van der Waals surface area contributed by atoms with Crippen molar-refractivity contribution in [1.82, 2.24) is 15.1 Å². The van der Waals surface area contributed by atoms with E-state index in [-0.39, 0.29) is 0 Å². The Morgan fingerprint density at radius 1 is 1.35 bits per heavy atom. The Balaban J connectivity index is 1.95. The van der Waals surface area contributed by atoms with E-state index in [0.29, 0.717) is 5.92 Å². The number of anilines is 1. The highest BCUT2D eigenvalue weighted by Gasteiger charge is 2.21. The fourth-order valence-electron chi connectivity index (χ4n) is 2.66. The van der Waals surface area contributed by atoms with Crippen LogP contribution >= 0.6 is 0 Å². The summed E-state index contributed by atoms with van der Waals surface area (Å²) in [6, 6.07) is 5.97. The number of hydrogen-bond donors (Lipinski definition) is 2. The molecule has 1 saturated heterocycles. The molecule has 1 aliphatic heterocycles. The number of aromatic nitrogens is 2. The number of benzene rings is 1. The van der Waals surface area contributed by atoms with Gasteiger partial charge < -0.3 is 10.6 Å². The molecule has 2 aromatic rings. The van der Waals surface area contributed by atoms with Gasteiger partial charge in [-0.1, -0.05) is 0 Å². The smallest absolute Gasteiger partial charge is 0.0944 e. The summed E-state index contributed by atoms with van der Waals surface area (Å²) < 4.78 is 0. The molecule has 0 saturated carbocycles. The minimum Gasteiger partial charge on any atom is -0.399 e. The summed E-state index contributed by atoms with van der Waals surface area (Å²) in [4.78, 5) is 2.38. The lowest BCUT2D eigenvalue weighted by atomic mass is 9.92. The summed E-state index contributed by atoms with van der Waals surface area (Å²) in [6.45, 7) is 2.33. The summed E-state index contributed by atoms with van der Waals surface area (Å²) in [6.07, 6.45) is 2.41. The predicted molar refractivity (Wildman–Crippen MR) is 70.0 cm³/mol. The number of aromatic amines is 1. The quantitative estimate of drug-likeness (QED) is 0.736. The number of fused-ring (bicyclic) bond motifs is 1. The van der Waals surface area contributed by atoms with Crippen LogP contribution in [0.2, 0.25) is 0 Å². The number of nitrogens with zero attached hydrogens (tertiary/aromatic N) is 2. The molecule has 1 fully saturated rings. The molecule has 1 aliphatic rings. The fraction of sp³-hybridized carbons (Fsp3) is 0.462. The minimum absolute atomic E-state index is 0.611. The molecule has 4 nitrogen and oxygen atoms in total. The highest BCUT2D eigenvalue weighted by molar-refractivity contribution is 5.84. The molecule has 4 heteroatoms. The van der Waals surface area contributed by atoms with Gasteiger partial charge in [0.2, 0.25) is 0 Å². The number of nitrogen functional groups attached to an aromatic ring is 1. The van der Waals surface area contributed by atoms with Crippen molar-refractivity contribution < 1.29 is 0 Å². The van der Waals surface area contributed by atoms with Crippen LogP contribution in [0, 0.1) is 0 Å². The summed E-state index contributed by atoms with van der Waals surface area (Å²) in [5.74, 6) is 0.611. The summed E-state index contributed by atoms with van der Waals surface area (Å²) >= 11 is 0. The van der Waals surface area contributed by atoms with Crippen LogP contribution in [-0.2, 0) is 0 Å². The van der Waals surface area contributed by atoms with Crippen molar-refractivity contribution in [3.8, 4) is 0 Å². The maximum Gasteiger partial charge on any atom is 0.0944 e. The fourth-order valence-corrected chi connectivity index (χ4v) is 2.66. The molecule has 3 rings (SSSR count). The monoisotopic (exact) mass is 230 g/mol. The Morgan fingerprint density at radius 2 is 2.12 bits per heavy atom. The maximum absolute atomic E-state index is 5.77. The maximum atomic E-state index is 5.77. The second kappa shape index (κ2) is 4.04. The summed E-state index contributed by atoms with van der Waals surface area (Å²) in [5, 5.41) is 8.79. The molecule has 0 aliphatic carbocycles. The average molecular weight is 230 g/mol. The van der Waals surface area contributed by atoms with Crippen LogP contribution in [0.1, 0.15) is 24.5 Å². The van der Waals surface area contributed by atoms with Gasteiger partial charge >= 0.3 is 0 Å². The van der Waals surface area contributed by atoms with Crippen molar-refractivity contribution in [2.24, 2.45) is 0 Å². The third-order valence-electron chi connectivity index (χ3n) is 3.74. The average Bonchev–Trinajstić information content (AvgIpc) is 2.73. The second-order valence-electron chi connectivity index (χ2n) is 4.99. The first-order chi connectivity index (χ1) is 8.24. The zero-order valence-corrected chi connectivity index (χ0v) is 10.1. The van der Waals surface area contributed by atoms with Crippen LogP contribution in [0.15, 0.2) is 18.2 Å². The van der Waals surface area contributed by atoms with Crippen LogP contribution in [0.4, 0.5) is 5.69 Å². The molecular formula is C13H18N4. The predicted octanol–water partition coefficient (Wildman–Crippen LogP) is 1.95. The number of nitrogens with one attached hydrogen (secondary N) is 1. The number of rotatable bonds is 1. The van der Waals surface area contributed by atoms with E-state index in [1.54, 1.807) is 0 Å². The number of H-pyrrole nitrogens is 1. The minimum atomic E-state index is 0.611. The Morgan fingerprint density at radius 3 is 2.88 bits per heavy atom. The van der Waals surface area contributed by atoms with Gasteiger partial charge in [-0.3, -0.25) is 5.10 Å². The van der Waals surface area contributed by atoms with Crippen molar-refractivity contribution in [3.63, 3.8) is 0 Å². The van der Waals surface area contributed by atoms with Crippen LogP contribution in [0.5, 0.6) is 0 Å². The lowest BCUT2D eigenvalue weighted by molar-refractivity contribution is 0.254. The summed E-state index contributed by atoms with van der Waals surface area (Å²) in [7, 11) is 2.18. The molecule has 0 radical (unpaired) electrons. The number of hydrogen-bond acceptors (Lipinski definition) is 3. The van der Waals surface area contributed by atoms with E-state index in [0.717, 1.165) is 11.2 Å². The van der Waals surface area contributed by atoms with Crippen LogP contribution in [0.3, 0.4) is 0 Å². The van der Waals surface area contributed by atoms with E-state index in [9.17, 15) is 0 Å². The van der Waals surface area contributed by atoms with Gasteiger partial charge in [0.15, 0.2) is 0 Å². The molecule has 90 valence electrons. The van der Waals surface area contributed by atoms with Crippen molar-refractivity contribution in [3.05, 3.63) is 23.9 Å². The number of likely N-dealkylation sites (tertiary alicyclic amines) is 1. The molecule has 2 heterocycles. The van der Waals surface area contributed by atoms with Gasteiger partial charge in [0.05, 0.1) is 5.52 Å². The molecule has 1 aromatic carbocycles. The molecule has 0 unspecified atom stereocenters. The van der Waals surface area contributed by atoms with Gasteiger partial charge in [0, 0.05) is 22.7 Å². The lowest BCUT2D eigenvalue weighted by Crippen LogP contribution is -2.29. The van der Waals surface area contributed by atoms with E-state index in [1.165, 1.54) is 37.0 Å². The van der Waals surface area contributed by atoms with Crippen LogP contribution in [0.25, 0.3) is 10.9 Å². The van der Waals surface area contributed by atoms with E-state index in [2.05, 4.69) is 28.2 Å². The Hall–Kier alpha value is -1.55. The summed E-state index contributed by atoms with van der Waals surface area (Å²) in [5.41, 5.74) is 8.82.